The van der Waals surface area contributed by atoms with Crippen LogP contribution in [0.4, 0.5) is 4.79 Å². The number of ether oxygens (including phenoxy) is 1. The zero-order valence-corrected chi connectivity index (χ0v) is 15.4. The summed E-state index contributed by atoms with van der Waals surface area (Å²) in [6, 6.07) is 17.8. The third-order valence-electron chi connectivity index (χ3n) is 4.05. The van der Waals surface area contributed by atoms with E-state index in [0.717, 1.165) is 16.9 Å². The zero-order chi connectivity index (χ0) is 18.4. The molecular weight excluding hydrogens is 314 g/mol. The lowest BCUT2D eigenvalue weighted by atomic mass is 9.99. The summed E-state index contributed by atoms with van der Waals surface area (Å²) in [4.78, 5) is 13.1. The highest BCUT2D eigenvalue weighted by atomic mass is 16.5. The Hall–Kier alpha value is -2.49. The number of nitrogens with zero attached hydrogens (tertiary/aromatic N) is 1. The van der Waals surface area contributed by atoms with Crippen molar-refractivity contribution in [3.8, 4) is 5.75 Å². The molecule has 0 saturated carbocycles. The topological polar surface area (TPSA) is 49.8 Å². The van der Waals surface area contributed by atoms with E-state index in [1.807, 2.05) is 82.3 Å². The van der Waals surface area contributed by atoms with Gasteiger partial charge < -0.3 is 14.7 Å². The fourth-order valence-electron chi connectivity index (χ4n) is 3.07. The molecule has 0 heterocycles. The van der Waals surface area contributed by atoms with E-state index in [4.69, 9.17) is 4.74 Å². The maximum Gasteiger partial charge on any atom is 0.407 e. The Morgan fingerprint density at radius 2 is 1.72 bits per heavy atom. The van der Waals surface area contributed by atoms with E-state index in [1.165, 1.54) is 4.90 Å². The van der Waals surface area contributed by atoms with Crippen LogP contribution in [0.2, 0.25) is 0 Å². The van der Waals surface area contributed by atoms with Gasteiger partial charge in [0.2, 0.25) is 0 Å². The molecule has 0 aliphatic rings. The SMILES string of the molecule is C[C@H](Cc1cccc(OCc2ccccc2)c1)N(C(=O)O)C(C)(C)C. The molecule has 2 aromatic carbocycles. The lowest BCUT2D eigenvalue weighted by molar-refractivity contribution is 0.0755. The molecule has 1 amide bonds. The van der Waals surface area contributed by atoms with Gasteiger partial charge in [0, 0.05) is 11.6 Å². The molecule has 0 aliphatic heterocycles. The maximum atomic E-state index is 11.6. The van der Waals surface area contributed by atoms with Crippen LogP contribution >= 0.6 is 0 Å². The molecule has 0 radical (unpaired) electrons. The molecule has 25 heavy (non-hydrogen) atoms. The number of benzene rings is 2. The summed E-state index contributed by atoms with van der Waals surface area (Å²) in [5.41, 5.74) is 1.74. The van der Waals surface area contributed by atoms with Crippen molar-refractivity contribution in [1.82, 2.24) is 4.90 Å². The molecule has 2 rings (SSSR count). The van der Waals surface area contributed by atoms with Gasteiger partial charge in [0.25, 0.3) is 0 Å². The normalized spacial score (nSPS) is 12.5. The van der Waals surface area contributed by atoms with E-state index in [9.17, 15) is 9.90 Å². The van der Waals surface area contributed by atoms with Crippen molar-refractivity contribution in [2.45, 2.75) is 52.3 Å². The van der Waals surface area contributed by atoms with Crippen LogP contribution in [-0.2, 0) is 13.0 Å². The smallest absolute Gasteiger partial charge is 0.407 e. The van der Waals surface area contributed by atoms with Crippen LogP contribution < -0.4 is 4.74 Å². The Labute approximate surface area is 150 Å². The van der Waals surface area contributed by atoms with Crippen molar-refractivity contribution in [3.63, 3.8) is 0 Å². The van der Waals surface area contributed by atoms with Crippen LogP contribution in [0.15, 0.2) is 54.6 Å². The molecule has 0 aliphatic carbocycles. The number of amides is 1. The highest BCUT2D eigenvalue weighted by Gasteiger charge is 2.30. The minimum absolute atomic E-state index is 0.123. The van der Waals surface area contributed by atoms with Crippen LogP contribution in [0.1, 0.15) is 38.8 Å². The Kier molecular flexibility index (Phi) is 6.07. The fourth-order valence-corrected chi connectivity index (χ4v) is 3.07. The number of carbonyl (C=O) groups is 1. The number of carboxylic acid groups (broad SMARTS) is 1. The predicted molar refractivity (Wildman–Crippen MR) is 100.0 cm³/mol. The molecule has 0 aromatic heterocycles. The van der Waals surface area contributed by atoms with Crippen molar-refractivity contribution in [2.24, 2.45) is 0 Å². The Morgan fingerprint density at radius 3 is 2.32 bits per heavy atom. The van der Waals surface area contributed by atoms with Gasteiger partial charge in [0.15, 0.2) is 0 Å². The minimum Gasteiger partial charge on any atom is -0.489 e. The number of hydrogen-bond donors (Lipinski definition) is 1. The third-order valence-corrected chi connectivity index (χ3v) is 4.05. The first-order valence-corrected chi connectivity index (χ1v) is 8.55. The van der Waals surface area contributed by atoms with Gasteiger partial charge in [0.05, 0.1) is 0 Å². The van der Waals surface area contributed by atoms with E-state index in [2.05, 4.69) is 0 Å². The average molecular weight is 341 g/mol. The fraction of sp³-hybridized carbons (Fsp3) is 0.381. The van der Waals surface area contributed by atoms with E-state index >= 15 is 0 Å². The molecule has 0 spiro atoms. The summed E-state index contributed by atoms with van der Waals surface area (Å²) in [5, 5.41) is 9.52. The monoisotopic (exact) mass is 341 g/mol. The molecule has 0 saturated heterocycles. The lowest BCUT2D eigenvalue weighted by Gasteiger charge is -2.38. The van der Waals surface area contributed by atoms with Gasteiger partial charge >= 0.3 is 6.09 Å². The first-order chi connectivity index (χ1) is 11.8. The maximum absolute atomic E-state index is 11.6. The molecule has 0 fully saturated rings. The summed E-state index contributed by atoms with van der Waals surface area (Å²) < 4.78 is 5.86. The first-order valence-electron chi connectivity index (χ1n) is 8.55. The second-order valence-corrected chi connectivity index (χ2v) is 7.30. The Bertz CT molecular complexity index is 692. The van der Waals surface area contributed by atoms with E-state index in [0.29, 0.717) is 13.0 Å². The van der Waals surface area contributed by atoms with E-state index in [1.54, 1.807) is 0 Å². The van der Waals surface area contributed by atoms with Crippen molar-refractivity contribution in [2.75, 3.05) is 0 Å². The number of rotatable bonds is 6. The van der Waals surface area contributed by atoms with Crippen LogP contribution in [0.3, 0.4) is 0 Å². The van der Waals surface area contributed by atoms with Crippen molar-refractivity contribution in [1.29, 1.82) is 0 Å². The molecular formula is C21H27NO3. The molecule has 0 unspecified atom stereocenters. The van der Waals surface area contributed by atoms with Gasteiger partial charge in [0.1, 0.15) is 12.4 Å². The van der Waals surface area contributed by atoms with Crippen LogP contribution in [0, 0.1) is 0 Å². The Morgan fingerprint density at radius 1 is 1.08 bits per heavy atom. The van der Waals surface area contributed by atoms with E-state index in [-0.39, 0.29) is 6.04 Å². The second kappa shape index (κ2) is 8.06. The van der Waals surface area contributed by atoms with E-state index < -0.39 is 11.6 Å². The van der Waals surface area contributed by atoms with Crippen molar-refractivity contribution < 1.29 is 14.6 Å². The molecule has 2 aromatic rings. The largest absolute Gasteiger partial charge is 0.489 e. The summed E-state index contributed by atoms with van der Waals surface area (Å²) in [5.74, 6) is 0.797. The summed E-state index contributed by atoms with van der Waals surface area (Å²) in [6.45, 7) is 8.20. The molecule has 1 atom stereocenters. The first kappa shape index (κ1) is 18.8. The van der Waals surface area contributed by atoms with Gasteiger partial charge in [-0.2, -0.15) is 0 Å². The second-order valence-electron chi connectivity index (χ2n) is 7.30. The lowest BCUT2D eigenvalue weighted by Crippen LogP contribution is -2.50. The molecule has 1 N–H and O–H groups in total. The highest BCUT2D eigenvalue weighted by Crippen LogP contribution is 2.22. The van der Waals surface area contributed by atoms with Gasteiger partial charge in [-0.25, -0.2) is 4.79 Å². The number of hydrogen-bond acceptors (Lipinski definition) is 2. The van der Waals surface area contributed by atoms with Gasteiger partial charge in [-0.1, -0.05) is 42.5 Å². The summed E-state index contributed by atoms with van der Waals surface area (Å²) in [6.07, 6.45) is -0.247. The van der Waals surface area contributed by atoms with Gasteiger partial charge in [-0.3, -0.25) is 0 Å². The van der Waals surface area contributed by atoms with Crippen LogP contribution in [-0.4, -0.2) is 27.7 Å². The molecule has 4 heteroatoms. The van der Waals surface area contributed by atoms with Crippen molar-refractivity contribution in [3.05, 3.63) is 65.7 Å². The zero-order valence-electron chi connectivity index (χ0n) is 15.4. The average Bonchev–Trinajstić information content (AvgIpc) is 2.52. The summed E-state index contributed by atoms with van der Waals surface area (Å²) >= 11 is 0. The molecule has 4 nitrogen and oxygen atoms in total. The van der Waals surface area contributed by atoms with Crippen LogP contribution in [0.5, 0.6) is 5.75 Å². The minimum atomic E-state index is -0.892. The molecule has 134 valence electrons. The predicted octanol–water partition coefficient (Wildman–Crippen LogP) is 4.98. The standard InChI is InChI=1S/C21H27NO3/c1-16(22(20(23)24)21(2,3)4)13-18-11-8-12-19(14-18)25-15-17-9-6-5-7-10-17/h5-12,14,16H,13,15H2,1-4H3,(H,23,24)/t16-/m1/s1. The Balaban J connectivity index is 2.04. The third kappa shape index (κ3) is 5.52. The summed E-state index contributed by atoms with van der Waals surface area (Å²) in [7, 11) is 0. The quantitative estimate of drug-likeness (QED) is 0.806. The highest BCUT2D eigenvalue weighted by molar-refractivity contribution is 5.66. The van der Waals surface area contributed by atoms with Gasteiger partial charge in [-0.05, 0) is 57.4 Å². The van der Waals surface area contributed by atoms with Crippen LogP contribution in [0.25, 0.3) is 0 Å². The van der Waals surface area contributed by atoms with Gasteiger partial charge in [-0.15, -0.1) is 0 Å². The van der Waals surface area contributed by atoms with Crippen molar-refractivity contribution >= 4 is 6.09 Å². The molecule has 0 bridgehead atoms.